The molecular formula is C26H17ClO6. The van der Waals surface area contributed by atoms with E-state index in [0.29, 0.717) is 38.3 Å². The second-order valence-corrected chi connectivity index (χ2v) is 7.80. The molecule has 6 nitrogen and oxygen atoms in total. The second-order valence-electron chi connectivity index (χ2n) is 7.37. The van der Waals surface area contributed by atoms with Gasteiger partial charge in [-0.1, -0.05) is 29.8 Å². The number of benzene rings is 3. The first kappa shape index (κ1) is 20.8. The molecule has 0 atom stereocenters. The third-order valence-corrected chi connectivity index (χ3v) is 5.52. The quantitative estimate of drug-likeness (QED) is 0.308. The van der Waals surface area contributed by atoms with Crippen molar-refractivity contribution in [2.45, 2.75) is 6.61 Å². The van der Waals surface area contributed by atoms with Crippen LogP contribution in [0.15, 0.2) is 91.2 Å². The van der Waals surface area contributed by atoms with Crippen LogP contribution in [-0.2, 0) is 6.61 Å². The number of para-hydroxylation sites is 1. The molecule has 0 bridgehead atoms. The summed E-state index contributed by atoms with van der Waals surface area (Å²) >= 11 is 6.08. The first-order chi connectivity index (χ1) is 16.0. The molecule has 164 valence electrons. The monoisotopic (exact) mass is 460 g/mol. The summed E-state index contributed by atoms with van der Waals surface area (Å²) in [6, 6.07) is 20.6. The highest BCUT2D eigenvalue weighted by Gasteiger charge is 2.15. The molecular weight excluding hydrogens is 444 g/mol. The molecule has 0 aliphatic rings. The van der Waals surface area contributed by atoms with E-state index in [1.54, 1.807) is 49.6 Å². The highest BCUT2D eigenvalue weighted by atomic mass is 35.5. The summed E-state index contributed by atoms with van der Waals surface area (Å²) in [6.45, 7) is 0.272. The number of ether oxygens (including phenoxy) is 2. The smallest absolute Gasteiger partial charge is 0.344 e. The van der Waals surface area contributed by atoms with Crippen molar-refractivity contribution in [2.24, 2.45) is 0 Å². The van der Waals surface area contributed by atoms with Crippen LogP contribution in [0.1, 0.15) is 5.56 Å². The number of halogens is 1. The normalized spacial score (nSPS) is 11.1. The Labute approximate surface area is 192 Å². The SMILES string of the molecule is COc1ccccc1COc1ccc2c(-c3cc4cc(Cl)ccc4oc3=O)cc(=O)oc2c1. The van der Waals surface area contributed by atoms with Gasteiger partial charge >= 0.3 is 11.3 Å². The maximum absolute atomic E-state index is 12.7. The van der Waals surface area contributed by atoms with E-state index in [9.17, 15) is 9.59 Å². The second kappa shape index (κ2) is 8.48. The molecule has 0 aliphatic carbocycles. The van der Waals surface area contributed by atoms with Gasteiger partial charge in [0.15, 0.2) is 0 Å². The van der Waals surface area contributed by atoms with E-state index in [1.165, 1.54) is 6.07 Å². The third-order valence-electron chi connectivity index (χ3n) is 5.29. The van der Waals surface area contributed by atoms with Crippen molar-refractivity contribution in [3.8, 4) is 22.6 Å². The summed E-state index contributed by atoms with van der Waals surface area (Å²) in [5.74, 6) is 1.22. The summed E-state index contributed by atoms with van der Waals surface area (Å²) in [6.07, 6.45) is 0. The van der Waals surface area contributed by atoms with Crippen LogP contribution in [0.5, 0.6) is 11.5 Å². The number of hydrogen-bond acceptors (Lipinski definition) is 6. The summed E-state index contributed by atoms with van der Waals surface area (Å²) in [5.41, 5.74) is 1.08. The molecule has 2 aromatic heterocycles. The van der Waals surface area contributed by atoms with Crippen LogP contribution in [0.4, 0.5) is 0 Å². The zero-order valence-corrected chi connectivity index (χ0v) is 18.2. The number of rotatable bonds is 5. The van der Waals surface area contributed by atoms with Crippen molar-refractivity contribution in [3.63, 3.8) is 0 Å². The van der Waals surface area contributed by atoms with Crippen LogP contribution in [0.25, 0.3) is 33.1 Å². The molecule has 0 N–H and O–H groups in total. The first-order valence-corrected chi connectivity index (χ1v) is 10.5. The highest BCUT2D eigenvalue weighted by molar-refractivity contribution is 6.31. The summed E-state index contributed by atoms with van der Waals surface area (Å²) in [5, 5.41) is 1.74. The Morgan fingerprint density at radius 1 is 0.848 bits per heavy atom. The van der Waals surface area contributed by atoms with Crippen molar-refractivity contribution in [2.75, 3.05) is 7.11 Å². The number of fused-ring (bicyclic) bond motifs is 2. The van der Waals surface area contributed by atoms with E-state index in [0.717, 1.165) is 11.3 Å². The lowest BCUT2D eigenvalue weighted by molar-refractivity contribution is 0.296. The average Bonchev–Trinajstić information content (AvgIpc) is 2.82. The fourth-order valence-corrected chi connectivity index (χ4v) is 3.90. The van der Waals surface area contributed by atoms with E-state index < -0.39 is 11.3 Å². The van der Waals surface area contributed by atoms with E-state index in [-0.39, 0.29) is 12.2 Å². The minimum Gasteiger partial charge on any atom is -0.496 e. The third kappa shape index (κ3) is 4.08. The lowest BCUT2D eigenvalue weighted by Gasteiger charge is -2.11. The molecule has 0 aliphatic heterocycles. The molecule has 33 heavy (non-hydrogen) atoms. The molecule has 7 heteroatoms. The van der Waals surface area contributed by atoms with Crippen LogP contribution < -0.4 is 20.7 Å². The zero-order valence-electron chi connectivity index (χ0n) is 17.5. The Bertz CT molecular complexity index is 1620. The topological polar surface area (TPSA) is 78.9 Å². The largest absolute Gasteiger partial charge is 0.496 e. The minimum atomic E-state index is -0.593. The summed E-state index contributed by atoms with van der Waals surface area (Å²) < 4.78 is 22.1. The molecule has 0 saturated carbocycles. The lowest BCUT2D eigenvalue weighted by atomic mass is 10.0. The van der Waals surface area contributed by atoms with Gasteiger partial charge in [0.2, 0.25) is 0 Å². The van der Waals surface area contributed by atoms with Crippen LogP contribution in [0.2, 0.25) is 5.02 Å². The standard InChI is InChI=1S/C26H17ClO6/c1-30-22-5-3-2-4-15(22)14-31-18-7-8-19-20(13-25(28)32-24(19)12-18)21-11-16-10-17(27)6-9-23(16)33-26(21)29/h2-13H,14H2,1H3. The molecule has 0 radical (unpaired) electrons. The molecule has 3 aromatic carbocycles. The van der Waals surface area contributed by atoms with Gasteiger partial charge in [0.1, 0.15) is 29.3 Å². The van der Waals surface area contributed by atoms with Gasteiger partial charge in [-0.05, 0) is 42.5 Å². The van der Waals surface area contributed by atoms with Crippen LogP contribution in [0.3, 0.4) is 0 Å². The maximum atomic E-state index is 12.7. The Morgan fingerprint density at radius 3 is 2.55 bits per heavy atom. The average molecular weight is 461 g/mol. The minimum absolute atomic E-state index is 0.241. The van der Waals surface area contributed by atoms with Crippen molar-refractivity contribution < 1.29 is 18.3 Å². The molecule has 0 spiro atoms. The van der Waals surface area contributed by atoms with E-state index in [1.807, 2.05) is 24.3 Å². The first-order valence-electron chi connectivity index (χ1n) is 10.1. The fourth-order valence-electron chi connectivity index (χ4n) is 3.72. The molecule has 0 amide bonds. The predicted molar refractivity (Wildman–Crippen MR) is 126 cm³/mol. The van der Waals surface area contributed by atoms with Crippen molar-refractivity contribution in [1.82, 2.24) is 0 Å². The zero-order chi connectivity index (χ0) is 22.9. The Hall–Kier alpha value is -4.03. The number of methoxy groups -OCH3 is 1. The van der Waals surface area contributed by atoms with Crippen LogP contribution in [0, 0.1) is 0 Å². The van der Waals surface area contributed by atoms with Gasteiger partial charge in [0.25, 0.3) is 0 Å². The van der Waals surface area contributed by atoms with Crippen LogP contribution in [-0.4, -0.2) is 7.11 Å². The van der Waals surface area contributed by atoms with Gasteiger partial charge in [-0.2, -0.15) is 0 Å². The molecule has 5 aromatic rings. The lowest BCUT2D eigenvalue weighted by Crippen LogP contribution is -2.06. The Morgan fingerprint density at radius 2 is 1.70 bits per heavy atom. The molecule has 0 saturated heterocycles. The summed E-state index contributed by atoms with van der Waals surface area (Å²) in [7, 11) is 1.60. The highest BCUT2D eigenvalue weighted by Crippen LogP contribution is 2.31. The van der Waals surface area contributed by atoms with Crippen molar-refractivity contribution in [3.05, 3.63) is 104 Å². The predicted octanol–water partition coefficient (Wildman–Crippen LogP) is 5.81. The number of hydrogen-bond donors (Lipinski definition) is 0. The molecule has 2 heterocycles. The Balaban J connectivity index is 1.56. The van der Waals surface area contributed by atoms with E-state index in [2.05, 4.69) is 0 Å². The molecule has 0 fully saturated rings. The van der Waals surface area contributed by atoms with E-state index in [4.69, 9.17) is 29.9 Å². The van der Waals surface area contributed by atoms with Crippen molar-refractivity contribution >= 4 is 33.5 Å². The molecule has 0 unspecified atom stereocenters. The van der Waals surface area contributed by atoms with Gasteiger partial charge in [-0.3, -0.25) is 0 Å². The Kier molecular flexibility index (Phi) is 5.36. The maximum Gasteiger partial charge on any atom is 0.344 e. The van der Waals surface area contributed by atoms with Gasteiger partial charge in [-0.15, -0.1) is 0 Å². The summed E-state index contributed by atoms with van der Waals surface area (Å²) in [4.78, 5) is 25.0. The van der Waals surface area contributed by atoms with Gasteiger partial charge in [-0.25, -0.2) is 9.59 Å². The van der Waals surface area contributed by atoms with Crippen molar-refractivity contribution in [1.29, 1.82) is 0 Å². The fraction of sp³-hybridized carbons (Fsp3) is 0.0769. The van der Waals surface area contributed by atoms with E-state index >= 15 is 0 Å². The van der Waals surface area contributed by atoms with Gasteiger partial charge in [0.05, 0.1) is 12.7 Å². The molecule has 5 rings (SSSR count). The van der Waals surface area contributed by atoms with Gasteiger partial charge < -0.3 is 18.3 Å². The van der Waals surface area contributed by atoms with Crippen LogP contribution >= 0.6 is 11.6 Å². The van der Waals surface area contributed by atoms with Gasteiger partial charge in [0, 0.05) is 39.1 Å².